The van der Waals surface area contributed by atoms with Crippen LogP contribution in [0.5, 0.6) is 11.5 Å². The number of benzene rings is 2. The van der Waals surface area contributed by atoms with Gasteiger partial charge in [-0.15, -0.1) is 0 Å². The first-order chi connectivity index (χ1) is 12.6. The van der Waals surface area contributed by atoms with Crippen LogP contribution < -0.4 is 0 Å². The van der Waals surface area contributed by atoms with Crippen molar-refractivity contribution in [3.63, 3.8) is 0 Å². The van der Waals surface area contributed by atoms with Crippen molar-refractivity contribution >= 4 is 11.6 Å². The molecule has 0 aliphatic carbocycles. The first-order valence-electron chi connectivity index (χ1n) is 7.92. The third-order valence-corrected chi connectivity index (χ3v) is 4.33. The van der Waals surface area contributed by atoms with Crippen molar-refractivity contribution in [1.29, 1.82) is 0 Å². The van der Waals surface area contributed by atoms with E-state index in [9.17, 15) is 10.2 Å². The molecule has 4 aromatic rings. The van der Waals surface area contributed by atoms with E-state index in [1.54, 1.807) is 16.9 Å². The minimum atomic E-state index is -0.199. The van der Waals surface area contributed by atoms with Crippen LogP contribution in [-0.2, 0) is 0 Å². The number of phenolic OH excluding ortho intramolecular Hbond substituents is 2. The van der Waals surface area contributed by atoms with Crippen LogP contribution in [0.2, 0.25) is 5.02 Å². The first kappa shape index (κ1) is 16.2. The second-order valence-electron chi connectivity index (χ2n) is 5.70. The molecule has 0 aliphatic rings. The maximum atomic E-state index is 9.87. The van der Waals surface area contributed by atoms with Gasteiger partial charge < -0.3 is 10.2 Å². The van der Waals surface area contributed by atoms with E-state index < -0.39 is 0 Å². The quantitative estimate of drug-likeness (QED) is 0.519. The Labute approximate surface area is 154 Å². The zero-order valence-corrected chi connectivity index (χ0v) is 14.3. The van der Waals surface area contributed by atoms with E-state index in [-0.39, 0.29) is 11.5 Å². The van der Waals surface area contributed by atoms with E-state index in [4.69, 9.17) is 11.6 Å². The van der Waals surface area contributed by atoms with Crippen LogP contribution in [0.4, 0.5) is 0 Å². The lowest BCUT2D eigenvalue weighted by atomic mass is 10.1. The van der Waals surface area contributed by atoms with Crippen LogP contribution in [0, 0.1) is 0 Å². The summed E-state index contributed by atoms with van der Waals surface area (Å²) in [6.07, 6.45) is 1.68. The Morgan fingerprint density at radius 1 is 0.846 bits per heavy atom. The number of nitrogens with zero attached hydrogens (tertiary/aromatic N) is 3. The molecule has 26 heavy (non-hydrogen) atoms. The molecule has 0 radical (unpaired) electrons. The summed E-state index contributed by atoms with van der Waals surface area (Å²) < 4.78 is 1.69. The van der Waals surface area contributed by atoms with Crippen molar-refractivity contribution in [3.8, 4) is 39.8 Å². The molecule has 0 fully saturated rings. The Bertz CT molecular complexity index is 1080. The molecule has 0 aliphatic heterocycles. The number of hydrogen-bond acceptors (Lipinski definition) is 4. The lowest BCUT2D eigenvalue weighted by molar-refractivity contribution is 0.404. The van der Waals surface area contributed by atoms with Crippen LogP contribution in [0.1, 0.15) is 0 Å². The summed E-state index contributed by atoms with van der Waals surface area (Å²) in [7, 11) is 0. The Hall–Kier alpha value is -3.31. The number of hydrogen-bond donors (Lipinski definition) is 2. The largest absolute Gasteiger partial charge is 0.504 e. The number of phenols is 2. The van der Waals surface area contributed by atoms with Crippen molar-refractivity contribution in [2.45, 2.75) is 0 Å². The van der Waals surface area contributed by atoms with Crippen LogP contribution in [0.25, 0.3) is 28.3 Å². The van der Waals surface area contributed by atoms with Crippen molar-refractivity contribution in [2.75, 3.05) is 0 Å². The fourth-order valence-electron chi connectivity index (χ4n) is 2.72. The summed E-state index contributed by atoms with van der Waals surface area (Å²) in [5, 5.41) is 24.7. The molecule has 128 valence electrons. The molecule has 0 saturated carbocycles. The third kappa shape index (κ3) is 2.89. The van der Waals surface area contributed by atoms with Gasteiger partial charge in [0, 0.05) is 17.3 Å². The number of pyridine rings is 1. The molecular weight excluding hydrogens is 350 g/mol. The average molecular weight is 364 g/mol. The van der Waals surface area contributed by atoms with Crippen molar-refractivity contribution in [2.24, 2.45) is 0 Å². The molecule has 5 nitrogen and oxygen atoms in total. The normalized spacial score (nSPS) is 10.8. The topological polar surface area (TPSA) is 71.2 Å². The molecule has 2 aromatic heterocycles. The molecule has 0 atom stereocenters. The monoisotopic (exact) mass is 363 g/mol. The standard InChI is InChI=1S/C20H14ClN3O2/c21-15-6-2-1-5-14(15)16-12-17(13-8-9-18(25)19(26)11-13)24(23-16)20-7-3-4-10-22-20/h1-12,25-26H. The number of halogens is 1. The van der Waals surface area contributed by atoms with E-state index in [0.717, 1.165) is 5.56 Å². The van der Waals surface area contributed by atoms with E-state index >= 15 is 0 Å². The van der Waals surface area contributed by atoms with E-state index in [1.165, 1.54) is 12.1 Å². The summed E-state index contributed by atoms with van der Waals surface area (Å²) in [5.41, 5.74) is 2.89. The van der Waals surface area contributed by atoms with Crippen LogP contribution in [0.15, 0.2) is 72.9 Å². The highest BCUT2D eigenvalue weighted by atomic mass is 35.5. The summed E-state index contributed by atoms with van der Waals surface area (Å²) in [4.78, 5) is 4.36. The number of rotatable bonds is 3. The minimum absolute atomic E-state index is 0.177. The summed E-state index contributed by atoms with van der Waals surface area (Å²) >= 11 is 6.32. The SMILES string of the molecule is Oc1ccc(-c2cc(-c3ccccc3Cl)nn2-c2ccccn2)cc1O. The van der Waals surface area contributed by atoms with Gasteiger partial charge in [0.05, 0.1) is 16.4 Å². The molecule has 2 aromatic carbocycles. The molecule has 6 heteroatoms. The predicted molar refractivity (Wildman–Crippen MR) is 101 cm³/mol. The van der Waals surface area contributed by atoms with Crippen LogP contribution in [-0.4, -0.2) is 25.0 Å². The van der Waals surface area contributed by atoms with Crippen molar-refractivity contribution < 1.29 is 10.2 Å². The molecule has 0 bridgehead atoms. The smallest absolute Gasteiger partial charge is 0.158 e. The summed E-state index contributed by atoms with van der Waals surface area (Å²) in [6.45, 7) is 0. The average Bonchev–Trinajstić information content (AvgIpc) is 3.10. The summed E-state index contributed by atoms with van der Waals surface area (Å²) in [6, 6.07) is 19.5. The second-order valence-corrected chi connectivity index (χ2v) is 6.11. The van der Waals surface area contributed by atoms with Gasteiger partial charge in [-0.25, -0.2) is 9.67 Å². The summed E-state index contributed by atoms with van der Waals surface area (Å²) in [5.74, 6) is 0.257. The van der Waals surface area contributed by atoms with Gasteiger partial charge >= 0.3 is 0 Å². The predicted octanol–water partition coefficient (Wildman–Crippen LogP) is 4.67. The van der Waals surface area contributed by atoms with Gasteiger partial charge in [0.1, 0.15) is 0 Å². The molecule has 0 unspecified atom stereocenters. The zero-order valence-electron chi connectivity index (χ0n) is 13.5. The van der Waals surface area contributed by atoms with Gasteiger partial charge in [0.15, 0.2) is 17.3 Å². The molecule has 0 saturated heterocycles. The minimum Gasteiger partial charge on any atom is -0.504 e. The maximum Gasteiger partial charge on any atom is 0.158 e. The van der Waals surface area contributed by atoms with Gasteiger partial charge in [-0.2, -0.15) is 5.10 Å². The molecule has 4 rings (SSSR count). The molecule has 2 N–H and O–H groups in total. The lowest BCUT2D eigenvalue weighted by Crippen LogP contribution is -2.01. The highest BCUT2D eigenvalue weighted by Crippen LogP contribution is 2.35. The van der Waals surface area contributed by atoms with E-state index in [1.807, 2.05) is 48.5 Å². The number of aromatic nitrogens is 3. The molecule has 0 spiro atoms. The lowest BCUT2D eigenvalue weighted by Gasteiger charge is -2.07. The van der Waals surface area contributed by atoms with Gasteiger partial charge in [-0.3, -0.25) is 0 Å². The Morgan fingerprint density at radius 2 is 1.65 bits per heavy atom. The Morgan fingerprint density at radius 3 is 2.38 bits per heavy atom. The van der Waals surface area contributed by atoms with Crippen molar-refractivity contribution in [3.05, 3.63) is 77.9 Å². The van der Waals surface area contributed by atoms with Crippen molar-refractivity contribution in [1.82, 2.24) is 14.8 Å². The maximum absolute atomic E-state index is 9.87. The fourth-order valence-corrected chi connectivity index (χ4v) is 2.96. The fraction of sp³-hybridized carbons (Fsp3) is 0. The van der Waals surface area contributed by atoms with Gasteiger partial charge in [-0.05, 0) is 42.5 Å². The number of aromatic hydroxyl groups is 2. The van der Waals surface area contributed by atoms with Crippen LogP contribution >= 0.6 is 11.6 Å². The molecular formula is C20H14ClN3O2. The highest BCUT2D eigenvalue weighted by molar-refractivity contribution is 6.33. The van der Waals surface area contributed by atoms with Gasteiger partial charge in [0.2, 0.25) is 0 Å². The first-order valence-corrected chi connectivity index (χ1v) is 8.30. The second kappa shape index (κ2) is 6.54. The third-order valence-electron chi connectivity index (χ3n) is 4.00. The molecule has 2 heterocycles. The van der Waals surface area contributed by atoms with Gasteiger partial charge in [-0.1, -0.05) is 35.9 Å². The van der Waals surface area contributed by atoms with E-state index in [0.29, 0.717) is 27.8 Å². The van der Waals surface area contributed by atoms with Crippen LogP contribution in [0.3, 0.4) is 0 Å². The Kier molecular flexibility index (Phi) is 4.07. The molecule has 0 amide bonds. The van der Waals surface area contributed by atoms with E-state index in [2.05, 4.69) is 10.1 Å². The zero-order chi connectivity index (χ0) is 18.1. The Balaban J connectivity index is 1.94. The van der Waals surface area contributed by atoms with Gasteiger partial charge in [0.25, 0.3) is 0 Å². The highest BCUT2D eigenvalue weighted by Gasteiger charge is 2.16.